The van der Waals surface area contributed by atoms with Gasteiger partial charge in [0.1, 0.15) is 6.10 Å². The van der Waals surface area contributed by atoms with Gasteiger partial charge in [0.2, 0.25) is 0 Å². The summed E-state index contributed by atoms with van der Waals surface area (Å²) in [6, 6.07) is 0. The van der Waals surface area contributed by atoms with Crippen molar-refractivity contribution in [2.24, 2.45) is 63.7 Å². The van der Waals surface area contributed by atoms with Crippen molar-refractivity contribution in [1.29, 1.82) is 0 Å². The molecule has 0 aromatic carbocycles. The van der Waals surface area contributed by atoms with Crippen molar-refractivity contribution < 1.29 is 9.53 Å². The zero-order chi connectivity index (χ0) is 34.0. The van der Waals surface area contributed by atoms with Gasteiger partial charge in [0, 0.05) is 19.5 Å². The molecule has 0 saturated heterocycles. The summed E-state index contributed by atoms with van der Waals surface area (Å²) in [5, 5.41) is 3.45. The Hall–Kier alpha value is -1.11. The lowest BCUT2D eigenvalue weighted by Crippen LogP contribution is -2.49. The highest BCUT2D eigenvalue weighted by molar-refractivity contribution is 5.67. The van der Waals surface area contributed by atoms with Gasteiger partial charge in [0.05, 0.1) is 0 Å². The maximum atomic E-state index is 13.5. The van der Waals surface area contributed by atoms with Gasteiger partial charge in [0.25, 0.3) is 0 Å². The number of carbonyl (C=O) groups is 1. The van der Waals surface area contributed by atoms with Gasteiger partial charge in [-0.25, -0.2) is 4.79 Å². The zero-order valence-electron chi connectivity index (χ0n) is 31.7. The Balaban J connectivity index is 1.33. The molecule has 6 heteroatoms. The normalized spacial score (nSPS) is 33.3. The van der Waals surface area contributed by atoms with E-state index in [0.29, 0.717) is 18.5 Å². The van der Waals surface area contributed by atoms with Gasteiger partial charge in [-0.05, 0) is 162 Å². The number of nitrogens with two attached hydrogens (primary N) is 2. The summed E-state index contributed by atoms with van der Waals surface area (Å²) in [6.45, 7) is 19.8. The number of hydrogen-bond acceptors (Lipinski definition) is 5. The number of unbranched alkanes of at least 4 members (excludes halogenated alkanes) is 1. The highest BCUT2D eigenvalue weighted by Crippen LogP contribution is 2.67. The molecule has 9 atom stereocenters. The number of ether oxygens (including phenoxy) is 1. The van der Waals surface area contributed by atoms with Crippen LogP contribution < -0.4 is 16.8 Å². The molecule has 0 aliphatic heterocycles. The first-order valence-electron chi connectivity index (χ1n) is 20.3. The standard InChI is InChI=1S/C41H76N4O2/c1-7-32(30(2)3)16-15-31(4)36-17-18-37-35-14-10-13-33-29-34(19-21-40(33,5)38(35)20-22-41(36,37)6)47-39(46)45(28-12-24-43)27-9-8-25-44-26-11-23-42/h13,30-32,34-38,44H,7-12,14-29,42-43H2,1-6H3/t31-,32-,34+,35-,36-,37+,38+,40+,41-/m1/s1. The number of amides is 1. The fraction of sp³-hybridized carbons (Fsp3) is 0.927. The lowest BCUT2D eigenvalue weighted by atomic mass is 9.49. The molecule has 272 valence electrons. The number of allylic oxidation sites excluding steroid dienone is 1. The first-order valence-corrected chi connectivity index (χ1v) is 20.3. The third-order valence-corrected chi connectivity index (χ3v) is 14.3. The second-order valence-electron chi connectivity index (χ2n) is 17.3. The molecule has 4 rings (SSSR count). The Morgan fingerprint density at radius 3 is 2.40 bits per heavy atom. The molecular formula is C41H76N4O2. The van der Waals surface area contributed by atoms with Crippen LogP contribution in [0, 0.1) is 52.3 Å². The third kappa shape index (κ3) is 9.37. The van der Waals surface area contributed by atoms with Gasteiger partial charge in [-0.15, -0.1) is 0 Å². The molecule has 0 bridgehead atoms. The molecule has 6 nitrogen and oxygen atoms in total. The smallest absolute Gasteiger partial charge is 0.410 e. The van der Waals surface area contributed by atoms with E-state index >= 15 is 0 Å². The van der Waals surface area contributed by atoms with E-state index in [4.69, 9.17) is 16.2 Å². The molecule has 47 heavy (non-hydrogen) atoms. The number of nitrogens with zero attached hydrogens (tertiary/aromatic N) is 1. The quantitative estimate of drug-likeness (QED) is 0.101. The monoisotopic (exact) mass is 657 g/mol. The molecule has 0 aromatic rings. The average molecular weight is 657 g/mol. The van der Waals surface area contributed by atoms with Gasteiger partial charge in [-0.1, -0.05) is 66.0 Å². The number of fused-ring (bicyclic) bond motifs is 5. The van der Waals surface area contributed by atoms with Crippen LogP contribution in [0.5, 0.6) is 0 Å². The predicted octanol–water partition coefficient (Wildman–Crippen LogP) is 8.93. The summed E-state index contributed by atoms with van der Waals surface area (Å²) in [5.41, 5.74) is 13.8. The van der Waals surface area contributed by atoms with Crippen LogP contribution in [-0.4, -0.2) is 56.4 Å². The molecule has 0 radical (unpaired) electrons. The number of nitrogens with one attached hydrogen (secondary N) is 1. The Morgan fingerprint density at radius 1 is 0.936 bits per heavy atom. The second kappa shape index (κ2) is 18.2. The Kier molecular flexibility index (Phi) is 15.0. The van der Waals surface area contributed by atoms with Crippen LogP contribution in [0.15, 0.2) is 11.6 Å². The molecule has 0 spiro atoms. The molecule has 0 unspecified atom stereocenters. The van der Waals surface area contributed by atoms with E-state index < -0.39 is 0 Å². The third-order valence-electron chi connectivity index (χ3n) is 14.3. The van der Waals surface area contributed by atoms with E-state index in [1.54, 1.807) is 5.57 Å². The highest BCUT2D eigenvalue weighted by Gasteiger charge is 2.58. The van der Waals surface area contributed by atoms with Crippen LogP contribution >= 0.6 is 0 Å². The number of rotatable bonds is 18. The number of carbonyl (C=O) groups excluding carboxylic acids is 1. The Morgan fingerprint density at radius 2 is 1.68 bits per heavy atom. The van der Waals surface area contributed by atoms with Crippen molar-refractivity contribution in [2.75, 3.05) is 39.3 Å². The minimum absolute atomic E-state index is 0.0000313. The van der Waals surface area contributed by atoms with Gasteiger partial charge in [-0.2, -0.15) is 0 Å². The molecule has 3 fully saturated rings. The summed E-state index contributed by atoms with van der Waals surface area (Å²) in [4.78, 5) is 15.4. The van der Waals surface area contributed by atoms with Crippen molar-refractivity contribution in [2.45, 2.75) is 150 Å². The fourth-order valence-electron chi connectivity index (χ4n) is 11.3. The summed E-state index contributed by atoms with van der Waals surface area (Å²) in [5.74, 6) is 5.94. The lowest BCUT2D eigenvalue weighted by Gasteiger charge is -2.56. The first kappa shape index (κ1) is 38.7. The van der Waals surface area contributed by atoms with Gasteiger partial charge in [0.15, 0.2) is 0 Å². The topological polar surface area (TPSA) is 93.6 Å². The van der Waals surface area contributed by atoms with Crippen LogP contribution in [0.2, 0.25) is 0 Å². The summed E-state index contributed by atoms with van der Waals surface area (Å²) < 4.78 is 6.30. The molecule has 5 N–H and O–H groups in total. The molecule has 4 aliphatic rings. The summed E-state index contributed by atoms with van der Waals surface area (Å²) in [6.07, 6.45) is 21.8. The Labute approximate surface area is 290 Å². The van der Waals surface area contributed by atoms with Crippen LogP contribution in [0.25, 0.3) is 0 Å². The van der Waals surface area contributed by atoms with Gasteiger partial charge >= 0.3 is 6.09 Å². The fourth-order valence-corrected chi connectivity index (χ4v) is 11.3. The molecule has 1 amide bonds. The Bertz CT molecular complexity index is 984. The SMILES string of the molecule is CC[C@H](CC[C@@H](C)[C@H]1CC[C@H]2[C@H]3CCC=C4C[C@@H](OC(=O)N(CCCN)CCCCNCCCN)CC[C@]4(C)[C@H]3CC[C@]12C)C(C)C. The van der Waals surface area contributed by atoms with Crippen LogP contribution in [0.3, 0.4) is 0 Å². The maximum Gasteiger partial charge on any atom is 0.410 e. The zero-order valence-corrected chi connectivity index (χ0v) is 31.7. The van der Waals surface area contributed by atoms with Crippen molar-refractivity contribution in [3.63, 3.8) is 0 Å². The lowest BCUT2D eigenvalue weighted by molar-refractivity contribution is -0.0528. The molecule has 3 saturated carbocycles. The van der Waals surface area contributed by atoms with E-state index in [1.165, 1.54) is 57.8 Å². The van der Waals surface area contributed by atoms with Crippen LogP contribution in [0.4, 0.5) is 4.79 Å². The molecule has 0 heterocycles. The van der Waals surface area contributed by atoms with E-state index in [1.807, 2.05) is 4.90 Å². The van der Waals surface area contributed by atoms with Crippen molar-refractivity contribution in [3.05, 3.63) is 11.6 Å². The maximum absolute atomic E-state index is 13.5. The van der Waals surface area contributed by atoms with Crippen molar-refractivity contribution >= 4 is 6.09 Å². The summed E-state index contributed by atoms with van der Waals surface area (Å²) in [7, 11) is 0. The number of hydrogen-bond donors (Lipinski definition) is 3. The predicted molar refractivity (Wildman–Crippen MR) is 198 cm³/mol. The van der Waals surface area contributed by atoms with Crippen LogP contribution in [-0.2, 0) is 4.74 Å². The molecule has 4 aliphatic carbocycles. The van der Waals surface area contributed by atoms with Gasteiger partial charge < -0.3 is 26.4 Å². The second-order valence-corrected chi connectivity index (χ2v) is 17.3. The molecular weight excluding hydrogens is 580 g/mol. The highest BCUT2D eigenvalue weighted by atomic mass is 16.6. The van der Waals surface area contributed by atoms with E-state index in [-0.39, 0.29) is 17.6 Å². The summed E-state index contributed by atoms with van der Waals surface area (Å²) >= 11 is 0. The minimum Gasteiger partial charge on any atom is -0.446 e. The van der Waals surface area contributed by atoms with Gasteiger partial charge in [-0.3, -0.25) is 0 Å². The average Bonchev–Trinajstić information content (AvgIpc) is 3.33. The van der Waals surface area contributed by atoms with E-state index in [9.17, 15) is 4.79 Å². The minimum atomic E-state index is -0.131. The van der Waals surface area contributed by atoms with Crippen LogP contribution in [0.1, 0.15) is 144 Å². The molecule has 0 aromatic heterocycles. The van der Waals surface area contributed by atoms with E-state index in [2.05, 4.69) is 52.9 Å². The largest absolute Gasteiger partial charge is 0.446 e. The van der Waals surface area contributed by atoms with Crippen molar-refractivity contribution in [1.82, 2.24) is 10.2 Å². The van der Waals surface area contributed by atoms with E-state index in [0.717, 1.165) is 113 Å². The first-order chi connectivity index (χ1) is 22.6. The van der Waals surface area contributed by atoms with Crippen molar-refractivity contribution in [3.8, 4) is 0 Å².